The normalized spacial score (nSPS) is 12.9. The minimum absolute atomic E-state index is 0.105. The first-order chi connectivity index (χ1) is 26.7. The summed E-state index contributed by atoms with van der Waals surface area (Å²) in [5.41, 5.74) is 14.1. The summed E-state index contributed by atoms with van der Waals surface area (Å²) in [5, 5.41) is 7.68. The largest absolute Gasteiger partial charge is 0.310 e. The maximum Gasteiger partial charge on any atom is 0.0465 e. The molecule has 0 heterocycles. The third-order valence-corrected chi connectivity index (χ3v) is 12.1. The van der Waals surface area contributed by atoms with Crippen LogP contribution in [0, 0.1) is 0 Å². The Balaban J connectivity index is 1.17. The van der Waals surface area contributed by atoms with Gasteiger partial charge in [0.25, 0.3) is 0 Å². The molecule has 0 radical (unpaired) electrons. The lowest BCUT2D eigenvalue weighted by atomic mass is 9.73. The Morgan fingerprint density at radius 3 is 1.37 bits per heavy atom. The molecule has 54 heavy (non-hydrogen) atoms. The number of fused-ring (bicyclic) bond motifs is 6. The highest BCUT2D eigenvalue weighted by molar-refractivity contribution is 6.21. The summed E-state index contributed by atoms with van der Waals surface area (Å²) >= 11 is 0. The van der Waals surface area contributed by atoms with Crippen LogP contribution in [0.2, 0.25) is 0 Å². The third kappa shape index (κ3) is 4.92. The van der Waals surface area contributed by atoms with E-state index in [0.29, 0.717) is 0 Å². The monoisotopic (exact) mass is 691 g/mol. The number of hydrogen-bond acceptors (Lipinski definition) is 1. The van der Waals surface area contributed by atoms with Crippen LogP contribution in [0.3, 0.4) is 0 Å². The van der Waals surface area contributed by atoms with E-state index < -0.39 is 0 Å². The van der Waals surface area contributed by atoms with Crippen LogP contribution in [0.1, 0.15) is 37.8 Å². The second-order valence-electron chi connectivity index (χ2n) is 14.7. The van der Waals surface area contributed by atoms with Crippen molar-refractivity contribution in [3.63, 3.8) is 0 Å². The van der Waals surface area contributed by atoms with Crippen LogP contribution in [-0.4, -0.2) is 0 Å². The molecule has 0 aliphatic heterocycles. The second-order valence-corrected chi connectivity index (χ2v) is 14.7. The van der Waals surface area contributed by atoms with Gasteiger partial charge in [-0.2, -0.15) is 0 Å². The van der Waals surface area contributed by atoms with Crippen LogP contribution < -0.4 is 4.90 Å². The topological polar surface area (TPSA) is 3.24 Å². The van der Waals surface area contributed by atoms with E-state index in [1.54, 1.807) is 0 Å². The Morgan fingerprint density at radius 1 is 0.370 bits per heavy atom. The lowest BCUT2D eigenvalue weighted by Gasteiger charge is -2.32. The predicted octanol–water partition coefficient (Wildman–Crippen LogP) is 15.0. The highest BCUT2D eigenvalue weighted by atomic mass is 15.1. The molecule has 0 saturated carbocycles. The Bertz CT molecular complexity index is 2750. The average molecular weight is 692 g/mol. The van der Waals surface area contributed by atoms with Crippen molar-refractivity contribution in [1.29, 1.82) is 0 Å². The highest BCUT2D eigenvalue weighted by Crippen LogP contribution is 2.56. The van der Waals surface area contributed by atoms with Gasteiger partial charge in [0.1, 0.15) is 0 Å². The Morgan fingerprint density at radius 2 is 0.815 bits per heavy atom. The van der Waals surface area contributed by atoms with E-state index in [9.17, 15) is 0 Å². The summed E-state index contributed by atoms with van der Waals surface area (Å²) in [6.45, 7) is 4.74. The summed E-state index contributed by atoms with van der Waals surface area (Å²) < 4.78 is 0. The summed E-state index contributed by atoms with van der Waals surface area (Å²) in [5.74, 6) is 0. The van der Waals surface area contributed by atoms with Gasteiger partial charge in [-0.05, 0) is 138 Å². The van der Waals surface area contributed by atoms with Crippen LogP contribution in [0.15, 0.2) is 188 Å². The zero-order valence-corrected chi connectivity index (χ0v) is 30.8. The molecule has 0 aromatic heterocycles. The van der Waals surface area contributed by atoms with Gasteiger partial charge < -0.3 is 4.90 Å². The standard InChI is InChI=1S/C53H41N/c1-3-53(4-2)49-34-39(29-31-43(49)44-32-30-42(35-50(44)53)54(40-19-7-5-8-20-40)41-21-9-6-10-22-41)52-47-25-15-13-23-45(47)51(46-24-14-16-26-48(46)52)38-28-27-36-17-11-12-18-37(36)33-38/h5-35H,3-4H2,1-2H3. The SMILES string of the molecule is CCC1(CC)c2cc(-c3c4ccccc4c(-c4ccc5ccccc5c4)c4ccccc34)ccc2-c2ccc(N(c3ccccc3)c3ccccc3)cc21. The molecule has 258 valence electrons. The van der Waals surface area contributed by atoms with Gasteiger partial charge in [-0.15, -0.1) is 0 Å². The molecule has 0 atom stereocenters. The van der Waals surface area contributed by atoms with Crippen LogP contribution >= 0.6 is 0 Å². The number of anilines is 3. The number of hydrogen-bond donors (Lipinski definition) is 0. The van der Waals surface area contributed by atoms with Crippen LogP contribution in [0.25, 0.3) is 65.7 Å². The van der Waals surface area contributed by atoms with E-state index in [1.807, 2.05) is 0 Å². The smallest absolute Gasteiger partial charge is 0.0465 e. The van der Waals surface area contributed by atoms with Crippen molar-refractivity contribution >= 4 is 49.4 Å². The first kappa shape index (κ1) is 32.2. The van der Waals surface area contributed by atoms with Crippen molar-refractivity contribution in [1.82, 2.24) is 0 Å². The molecule has 0 amide bonds. The number of benzene rings is 9. The summed E-state index contributed by atoms with van der Waals surface area (Å²) in [6, 6.07) is 69.6. The molecule has 9 aromatic carbocycles. The number of nitrogens with zero attached hydrogens (tertiary/aromatic N) is 1. The zero-order valence-electron chi connectivity index (χ0n) is 30.8. The van der Waals surface area contributed by atoms with Crippen LogP contribution in [-0.2, 0) is 5.41 Å². The zero-order chi connectivity index (χ0) is 36.2. The minimum atomic E-state index is -0.105. The average Bonchev–Trinajstić information content (AvgIpc) is 3.52. The van der Waals surface area contributed by atoms with Crippen molar-refractivity contribution in [2.75, 3.05) is 4.90 Å². The molecule has 1 aliphatic carbocycles. The summed E-state index contributed by atoms with van der Waals surface area (Å²) in [4.78, 5) is 2.39. The van der Waals surface area contributed by atoms with Gasteiger partial charge in [0.15, 0.2) is 0 Å². The first-order valence-corrected chi connectivity index (χ1v) is 19.3. The molecular formula is C53H41N. The fourth-order valence-electron chi connectivity index (χ4n) is 9.49. The van der Waals surface area contributed by atoms with Gasteiger partial charge in [0, 0.05) is 22.5 Å². The molecular weight excluding hydrogens is 651 g/mol. The molecule has 0 N–H and O–H groups in total. The van der Waals surface area contributed by atoms with E-state index in [1.165, 1.54) is 82.5 Å². The predicted molar refractivity (Wildman–Crippen MR) is 231 cm³/mol. The fraction of sp³-hybridized carbons (Fsp3) is 0.0943. The van der Waals surface area contributed by atoms with Crippen molar-refractivity contribution in [3.8, 4) is 33.4 Å². The Hall–Kier alpha value is -6.44. The van der Waals surface area contributed by atoms with Crippen LogP contribution in [0.5, 0.6) is 0 Å². The van der Waals surface area contributed by atoms with E-state index in [-0.39, 0.29) is 5.41 Å². The summed E-state index contributed by atoms with van der Waals surface area (Å²) in [6.07, 6.45) is 2.05. The quantitative estimate of drug-likeness (QED) is 0.150. The van der Waals surface area contributed by atoms with Gasteiger partial charge in [0.05, 0.1) is 0 Å². The van der Waals surface area contributed by atoms with Gasteiger partial charge in [0.2, 0.25) is 0 Å². The lowest BCUT2D eigenvalue weighted by Crippen LogP contribution is -2.23. The molecule has 1 nitrogen and oxygen atoms in total. The van der Waals surface area contributed by atoms with Gasteiger partial charge >= 0.3 is 0 Å². The van der Waals surface area contributed by atoms with Crippen molar-refractivity contribution in [2.24, 2.45) is 0 Å². The number of para-hydroxylation sites is 2. The maximum atomic E-state index is 2.54. The third-order valence-electron chi connectivity index (χ3n) is 12.1. The van der Waals surface area contributed by atoms with Gasteiger partial charge in [-0.25, -0.2) is 0 Å². The van der Waals surface area contributed by atoms with E-state index in [2.05, 4.69) is 207 Å². The minimum Gasteiger partial charge on any atom is -0.310 e. The molecule has 10 rings (SSSR count). The molecule has 0 saturated heterocycles. The molecule has 0 fully saturated rings. The lowest BCUT2D eigenvalue weighted by molar-refractivity contribution is 0.490. The molecule has 0 bridgehead atoms. The van der Waals surface area contributed by atoms with Crippen molar-refractivity contribution < 1.29 is 0 Å². The fourth-order valence-corrected chi connectivity index (χ4v) is 9.49. The maximum absolute atomic E-state index is 2.54. The molecule has 9 aromatic rings. The molecule has 0 unspecified atom stereocenters. The molecule has 1 aliphatic rings. The molecule has 1 heteroatoms. The number of rotatable bonds is 7. The Kier molecular flexibility index (Phi) is 7.70. The first-order valence-electron chi connectivity index (χ1n) is 19.3. The van der Waals surface area contributed by atoms with Crippen LogP contribution in [0.4, 0.5) is 17.1 Å². The second kappa shape index (κ2) is 12.9. The summed E-state index contributed by atoms with van der Waals surface area (Å²) in [7, 11) is 0. The highest BCUT2D eigenvalue weighted by Gasteiger charge is 2.41. The van der Waals surface area contributed by atoms with Crippen molar-refractivity contribution in [3.05, 3.63) is 199 Å². The van der Waals surface area contributed by atoms with E-state index >= 15 is 0 Å². The molecule has 0 spiro atoms. The van der Waals surface area contributed by atoms with Gasteiger partial charge in [-0.3, -0.25) is 0 Å². The van der Waals surface area contributed by atoms with Crippen molar-refractivity contribution in [2.45, 2.75) is 32.1 Å². The van der Waals surface area contributed by atoms with E-state index in [0.717, 1.165) is 24.2 Å². The van der Waals surface area contributed by atoms with Gasteiger partial charge in [-0.1, -0.05) is 153 Å². The van der Waals surface area contributed by atoms with E-state index in [4.69, 9.17) is 0 Å². The Labute approximate surface area is 317 Å².